The molecular formula is C9H8ClNO3S. The van der Waals surface area contributed by atoms with Crippen LogP contribution in [0.3, 0.4) is 0 Å². The molecule has 0 saturated heterocycles. The van der Waals surface area contributed by atoms with Gasteiger partial charge in [-0.25, -0.2) is 8.42 Å². The molecule has 0 aliphatic heterocycles. The molecular weight excluding hydrogens is 238 g/mol. The van der Waals surface area contributed by atoms with Crippen LogP contribution in [0.5, 0.6) is 0 Å². The highest BCUT2D eigenvalue weighted by molar-refractivity contribution is 8.13. The van der Waals surface area contributed by atoms with Crippen molar-refractivity contribution in [3.63, 3.8) is 0 Å². The van der Waals surface area contributed by atoms with Crippen molar-refractivity contribution >= 4 is 30.7 Å². The Labute approximate surface area is 91.2 Å². The van der Waals surface area contributed by atoms with Crippen LogP contribution in [0.1, 0.15) is 11.3 Å². The molecule has 0 N–H and O–H groups in total. The van der Waals surface area contributed by atoms with Gasteiger partial charge in [0.05, 0.1) is 0 Å². The number of rotatable bonds is 2. The number of fused-ring (bicyclic) bond motifs is 1. The predicted octanol–water partition coefficient (Wildman–Crippen LogP) is 2.20. The Kier molecular flexibility index (Phi) is 2.44. The summed E-state index contributed by atoms with van der Waals surface area (Å²) in [6.45, 7) is 1.91. The largest absolute Gasteiger partial charge is 0.356 e. The van der Waals surface area contributed by atoms with E-state index in [0.717, 1.165) is 5.56 Å². The van der Waals surface area contributed by atoms with Crippen molar-refractivity contribution in [1.82, 2.24) is 5.16 Å². The summed E-state index contributed by atoms with van der Waals surface area (Å²) < 4.78 is 26.8. The molecule has 2 aromatic rings. The van der Waals surface area contributed by atoms with Crippen molar-refractivity contribution in [2.75, 3.05) is 0 Å². The Morgan fingerprint density at radius 3 is 2.87 bits per heavy atom. The van der Waals surface area contributed by atoms with Crippen LogP contribution in [0.25, 0.3) is 11.0 Å². The molecule has 6 heteroatoms. The van der Waals surface area contributed by atoms with Crippen LogP contribution >= 0.6 is 10.7 Å². The molecule has 0 unspecified atom stereocenters. The third-order valence-electron chi connectivity index (χ3n) is 2.01. The van der Waals surface area contributed by atoms with Crippen molar-refractivity contribution in [1.29, 1.82) is 0 Å². The van der Waals surface area contributed by atoms with E-state index in [9.17, 15) is 8.42 Å². The third-order valence-corrected chi connectivity index (χ3v) is 2.95. The second-order valence-corrected chi connectivity index (χ2v) is 6.09. The van der Waals surface area contributed by atoms with Gasteiger partial charge in [0.2, 0.25) is 9.05 Å². The maximum Gasteiger partial charge on any atom is 0.238 e. The highest BCUT2D eigenvalue weighted by Crippen LogP contribution is 2.22. The van der Waals surface area contributed by atoms with E-state index in [0.29, 0.717) is 16.7 Å². The van der Waals surface area contributed by atoms with Crippen LogP contribution < -0.4 is 0 Å². The summed E-state index contributed by atoms with van der Waals surface area (Å²) in [4.78, 5) is 0. The molecule has 0 radical (unpaired) electrons. The zero-order valence-corrected chi connectivity index (χ0v) is 9.47. The quantitative estimate of drug-likeness (QED) is 0.761. The van der Waals surface area contributed by atoms with Gasteiger partial charge in [-0.1, -0.05) is 16.8 Å². The van der Waals surface area contributed by atoms with Gasteiger partial charge in [0.15, 0.2) is 5.58 Å². The van der Waals surface area contributed by atoms with Gasteiger partial charge in [0.1, 0.15) is 11.4 Å². The van der Waals surface area contributed by atoms with E-state index >= 15 is 0 Å². The molecule has 0 aliphatic rings. The molecule has 80 valence electrons. The van der Waals surface area contributed by atoms with E-state index in [1.165, 1.54) is 0 Å². The lowest BCUT2D eigenvalue weighted by molar-refractivity contribution is 0.449. The number of benzene rings is 1. The summed E-state index contributed by atoms with van der Waals surface area (Å²) in [5.74, 6) is -0.314. The van der Waals surface area contributed by atoms with Crippen LogP contribution in [0, 0.1) is 6.92 Å². The second kappa shape index (κ2) is 3.50. The normalized spacial score (nSPS) is 12.1. The smallest absolute Gasteiger partial charge is 0.238 e. The lowest BCUT2D eigenvalue weighted by Crippen LogP contribution is -1.95. The van der Waals surface area contributed by atoms with Crippen LogP contribution in [0.4, 0.5) is 0 Å². The van der Waals surface area contributed by atoms with Crippen molar-refractivity contribution in [3.8, 4) is 0 Å². The first kappa shape index (κ1) is 10.4. The van der Waals surface area contributed by atoms with Crippen molar-refractivity contribution in [2.45, 2.75) is 12.7 Å². The molecule has 1 aromatic carbocycles. The summed E-state index contributed by atoms with van der Waals surface area (Å²) in [6, 6.07) is 5.44. The van der Waals surface area contributed by atoms with Gasteiger partial charge in [-0.15, -0.1) is 0 Å². The fraction of sp³-hybridized carbons (Fsp3) is 0.222. The summed E-state index contributed by atoms with van der Waals surface area (Å²) in [5.41, 5.74) is 1.93. The fourth-order valence-corrected chi connectivity index (χ4v) is 2.21. The molecule has 0 fully saturated rings. The van der Waals surface area contributed by atoms with Crippen molar-refractivity contribution in [2.24, 2.45) is 0 Å². The minimum Gasteiger partial charge on any atom is -0.356 e. The van der Waals surface area contributed by atoms with Crippen LogP contribution in [0.15, 0.2) is 22.7 Å². The Balaban J connectivity index is 2.57. The molecule has 0 atom stereocenters. The first-order valence-electron chi connectivity index (χ1n) is 4.23. The van der Waals surface area contributed by atoms with Crippen molar-refractivity contribution in [3.05, 3.63) is 29.5 Å². The summed E-state index contributed by atoms with van der Waals surface area (Å²) >= 11 is 0. The van der Waals surface area contributed by atoms with Crippen LogP contribution in [0.2, 0.25) is 0 Å². The molecule has 0 spiro atoms. The van der Waals surface area contributed by atoms with Gasteiger partial charge in [-0.05, 0) is 19.1 Å². The average molecular weight is 246 g/mol. The highest BCUT2D eigenvalue weighted by Gasteiger charge is 2.14. The Morgan fingerprint density at radius 1 is 1.47 bits per heavy atom. The molecule has 1 aromatic heterocycles. The SMILES string of the molecule is Cc1ccc2onc(CS(=O)(=O)Cl)c2c1. The topological polar surface area (TPSA) is 60.2 Å². The number of aromatic nitrogens is 1. The minimum atomic E-state index is -3.60. The molecule has 0 bridgehead atoms. The molecule has 0 saturated carbocycles. The van der Waals surface area contributed by atoms with Gasteiger partial charge >= 0.3 is 0 Å². The molecule has 1 heterocycles. The number of hydrogen-bond donors (Lipinski definition) is 0. The van der Waals surface area contributed by atoms with Gasteiger partial charge in [0.25, 0.3) is 0 Å². The van der Waals surface area contributed by atoms with Gasteiger partial charge in [-0.2, -0.15) is 0 Å². The Bertz CT molecular complexity index is 603. The van der Waals surface area contributed by atoms with Crippen LogP contribution in [-0.2, 0) is 14.8 Å². The lowest BCUT2D eigenvalue weighted by Gasteiger charge is -1.93. The number of halogens is 1. The Morgan fingerprint density at radius 2 is 2.20 bits per heavy atom. The van der Waals surface area contributed by atoms with Crippen LogP contribution in [-0.4, -0.2) is 13.6 Å². The van der Waals surface area contributed by atoms with E-state index in [4.69, 9.17) is 15.2 Å². The summed E-state index contributed by atoms with van der Waals surface area (Å²) in [5, 5.41) is 4.38. The van der Waals surface area contributed by atoms with E-state index in [2.05, 4.69) is 5.16 Å². The first-order chi connectivity index (χ1) is 6.96. The Hall–Kier alpha value is -1.07. The summed E-state index contributed by atoms with van der Waals surface area (Å²) in [7, 11) is 1.55. The fourth-order valence-electron chi connectivity index (χ4n) is 1.37. The molecule has 15 heavy (non-hydrogen) atoms. The van der Waals surface area contributed by atoms with Gasteiger partial charge < -0.3 is 4.52 Å². The molecule has 0 amide bonds. The maximum atomic E-state index is 10.9. The average Bonchev–Trinajstić information content (AvgIpc) is 2.46. The monoisotopic (exact) mass is 245 g/mol. The molecule has 0 aliphatic carbocycles. The van der Waals surface area contributed by atoms with E-state index < -0.39 is 9.05 Å². The third kappa shape index (κ3) is 2.30. The standard InChI is InChI=1S/C9H8ClNO3S/c1-6-2-3-9-7(4-6)8(11-14-9)5-15(10,12)13/h2-4H,5H2,1H3. The molecule has 4 nitrogen and oxygen atoms in total. The number of nitrogens with zero attached hydrogens (tertiary/aromatic N) is 1. The zero-order chi connectivity index (χ0) is 11.1. The zero-order valence-electron chi connectivity index (χ0n) is 7.90. The maximum absolute atomic E-state index is 10.9. The number of aryl methyl sites for hydroxylation is 1. The lowest BCUT2D eigenvalue weighted by atomic mass is 10.1. The summed E-state index contributed by atoms with van der Waals surface area (Å²) in [6.07, 6.45) is 0. The van der Waals surface area contributed by atoms with E-state index in [-0.39, 0.29) is 5.75 Å². The van der Waals surface area contributed by atoms with Crippen molar-refractivity contribution < 1.29 is 12.9 Å². The predicted molar refractivity (Wildman–Crippen MR) is 57.2 cm³/mol. The molecule has 2 rings (SSSR count). The van der Waals surface area contributed by atoms with E-state index in [1.54, 1.807) is 6.07 Å². The highest BCUT2D eigenvalue weighted by atomic mass is 35.7. The van der Waals surface area contributed by atoms with Gasteiger partial charge in [-0.3, -0.25) is 0 Å². The minimum absolute atomic E-state index is 0.314. The second-order valence-electron chi connectivity index (χ2n) is 3.31. The number of hydrogen-bond acceptors (Lipinski definition) is 4. The van der Waals surface area contributed by atoms with E-state index in [1.807, 2.05) is 19.1 Å². The van der Waals surface area contributed by atoms with Gasteiger partial charge in [0, 0.05) is 16.1 Å². The first-order valence-corrected chi connectivity index (χ1v) is 6.71.